The van der Waals surface area contributed by atoms with Crippen molar-refractivity contribution in [1.82, 2.24) is 0 Å². The zero-order valence-electron chi connectivity index (χ0n) is 10.3. The van der Waals surface area contributed by atoms with Gasteiger partial charge in [-0.3, -0.25) is 0 Å². The summed E-state index contributed by atoms with van der Waals surface area (Å²) in [6.07, 6.45) is 1.93. The van der Waals surface area contributed by atoms with E-state index in [9.17, 15) is 5.11 Å². The molecule has 0 bridgehead atoms. The molecule has 0 saturated heterocycles. The average molecular weight is 267 g/mol. The van der Waals surface area contributed by atoms with Gasteiger partial charge in [0, 0.05) is 9.80 Å². The second-order valence-electron chi connectivity index (χ2n) is 3.92. The van der Waals surface area contributed by atoms with E-state index in [2.05, 4.69) is 6.07 Å². The van der Waals surface area contributed by atoms with Gasteiger partial charge in [-0.15, -0.1) is 0 Å². The number of nitriles is 1. The molecule has 2 aromatic rings. The van der Waals surface area contributed by atoms with E-state index >= 15 is 0 Å². The lowest BCUT2D eigenvalue weighted by Crippen LogP contribution is -1.86. The number of aliphatic hydroxyl groups is 1. The molecule has 0 unspecified atom stereocenters. The molecule has 2 rings (SSSR count). The van der Waals surface area contributed by atoms with E-state index in [1.807, 2.05) is 48.5 Å². The zero-order chi connectivity index (χ0) is 13.5. The highest BCUT2D eigenvalue weighted by molar-refractivity contribution is 8.03. The van der Waals surface area contributed by atoms with Crippen LogP contribution in [0.2, 0.25) is 0 Å². The molecule has 0 amide bonds. The smallest absolute Gasteiger partial charge is 0.0991 e. The molecule has 0 radical (unpaired) electrons. The molecule has 1 N–H and O–H groups in total. The molecule has 0 saturated carbocycles. The highest BCUT2D eigenvalue weighted by Crippen LogP contribution is 2.27. The Morgan fingerprint density at radius 1 is 1.11 bits per heavy atom. The number of hydrogen-bond acceptors (Lipinski definition) is 3. The Bertz CT molecular complexity index is 597. The van der Waals surface area contributed by atoms with Crippen LogP contribution in [0.1, 0.15) is 11.1 Å². The van der Waals surface area contributed by atoms with Gasteiger partial charge in [-0.25, -0.2) is 0 Å². The van der Waals surface area contributed by atoms with Gasteiger partial charge >= 0.3 is 0 Å². The van der Waals surface area contributed by atoms with Gasteiger partial charge in [-0.2, -0.15) is 5.26 Å². The van der Waals surface area contributed by atoms with Gasteiger partial charge in [-0.1, -0.05) is 42.1 Å². The van der Waals surface area contributed by atoms with Crippen molar-refractivity contribution in [2.45, 2.75) is 4.90 Å². The third kappa shape index (κ3) is 3.99. The van der Waals surface area contributed by atoms with Crippen molar-refractivity contribution in [2.75, 3.05) is 6.61 Å². The molecule has 0 aliphatic rings. The molecule has 0 atom stereocenters. The summed E-state index contributed by atoms with van der Waals surface area (Å²) >= 11 is 1.54. The molecule has 19 heavy (non-hydrogen) atoms. The summed E-state index contributed by atoms with van der Waals surface area (Å²) in [5.74, 6) is 0. The molecule has 0 aromatic heterocycles. The summed E-state index contributed by atoms with van der Waals surface area (Å²) in [5.41, 5.74) is 1.62. The molecule has 0 heterocycles. The Labute approximate surface area is 117 Å². The summed E-state index contributed by atoms with van der Waals surface area (Å²) in [4.78, 5) is 1.97. The molecule has 0 spiro atoms. The molecule has 0 aliphatic heterocycles. The summed E-state index contributed by atoms with van der Waals surface area (Å²) in [6.45, 7) is -0.000434. The van der Waals surface area contributed by atoms with Crippen molar-refractivity contribution in [2.24, 2.45) is 0 Å². The fourth-order valence-electron chi connectivity index (χ4n) is 1.59. The van der Waals surface area contributed by atoms with Crippen LogP contribution in [0.4, 0.5) is 0 Å². The Kier molecular flexibility index (Phi) is 4.79. The van der Waals surface area contributed by atoms with Crippen molar-refractivity contribution in [3.63, 3.8) is 0 Å². The normalized spacial score (nSPS) is 11.1. The standard InChI is InChI=1S/C16H13NOS/c17-11-14-8-6-13(7-9-14)10-16(12-18)19-15-4-2-1-3-5-15/h1-10,18H,12H2. The maximum atomic E-state index is 9.41. The third-order valence-corrected chi connectivity index (χ3v) is 3.53. The number of benzene rings is 2. The van der Waals surface area contributed by atoms with Crippen molar-refractivity contribution in [1.29, 1.82) is 5.26 Å². The number of hydrogen-bond donors (Lipinski definition) is 1. The number of thioether (sulfide) groups is 1. The van der Waals surface area contributed by atoms with Gasteiger partial charge in [0.15, 0.2) is 0 Å². The zero-order valence-corrected chi connectivity index (χ0v) is 11.1. The first-order valence-corrected chi connectivity index (χ1v) is 6.68. The maximum Gasteiger partial charge on any atom is 0.0991 e. The predicted molar refractivity (Wildman–Crippen MR) is 78.5 cm³/mol. The van der Waals surface area contributed by atoms with Gasteiger partial charge in [0.25, 0.3) is 0 Å². The van der Waals surface area contributed by atoms with Crippen LogP contribution in [-0.4, -0.2) is 11.7 Å². The first-order valence-electron chi connectivity index (χ1n) is 5.86. The second-order valence-corrected chi connectivity index (χ2v) is 5.12. The van der Waals surface area contributed by atoms with Crippen LogP contribution in [0.15, 0.2) is 64.4 Å². The Hall–Kier alpha value is -2.02. The summed E-state index contributed by atoms with van der Waals surface area (Å²) < 4.78 is 0. The summed E-state index contributed by atoms with van der Waals surface area (Å²) in [6, 6.07) is 19.3. The number of nitrogens with zero attached hydrogens (tertiary/aromatic N) is 1. The van der Waals surface area contributed by atoms with Gasteiger partial charge in [-0.05, 0) is 35.9 Å². The van der Waals surface area contributed by atoms with E-state index in [-0.39, 0.29) is 6.61 Å². The molecular formula is C16H13NOS. The molecule has 0 aliphatic carbocycles. The lowest BCUT2D eigenvalue weighted by atomic mass is 10.1. The largest absolute Gasteiger partial charge is 0.391 e. The van der Waals surface area contributed by atoms with Crippen LogP contribution >= 0.6 is 11.8 Å². The van der Waals surface area contributed by atoms with Crippen LogP contribution in [0.5, 0.6) is 0 Å². The SMILES string of the molecule is N#Cc1ccc(C=C(CO)Sc2ccccc2)cc1. The lowest BCUT2D eigenvalue weighted by Gasteiger charge is -2.04. The Balaban J connectivity index is 2.16. The molecule has 2 nitrogen and oxygen atoms in total. The minimum atomic E-state index is -0.000434. The predicted octanol–water partition coefficient (Wildman–Crippen LogP) is 3.68. The number of rotatable bonds is 4. The molecule has 3 heteroatoms. The lowest BCUT2D eigenvalue weighted by molar-refractivity contribution is 0.340. The highest BCUT2D eigenvalue weighted by atomic mass is 32.2. The van der Waals surface area contributed by atoms with Crippen molar-refractivity contribution in [3.05, 3.63) is 70.6 Å². The molecule has 94 valence electrons. The van der Waals surface area contributed by atoms with Crippen LogP contribution in [-0.2, 0) is 0 Å². The first kappa shape index (κ1) is 13.4. The minimum absolute atomic E-state index is 0.000434. The van der Waals surface area contributed by atoms with Crippen molar-refractivity contribution < 1.29 is 5.11 Å². The third-order valence-electron chi connectivity index (χ3n) is 2.52. The molecule has 0 fully saturated rings. The van der Waals surface area contributed by atoms with Crippen molar-refractivity contribution >= 4 is 17.8 Å². The average Bonchev–Trinajstić information content (AvgIpc) is 2.48. The quantitative estimate of drug-likeness (QED) is 0.859. The van der Waals surface area contributed by atoms with Gasteiger partial charge in [0.1, 0.15) is 0 Å². The fourth-order valence-corrected chi connectivity index (χ4v) is 2.44. The fraction of sp³-hybridized carbons (Fsp3) is 0.0625. The van der Waals surface area contributed by atoms with Crippen LogP contribution in [0.25, 0.3) is 6.08 Å². The van der Waals surface area contributed by atoms with Gasteiger partial charge < -0.3 is 5.11 Å². The van der Waals surface area contributed by atoms with Crippen LogP contribution < -0.4 is 0 Å². The van der Waals surface area contributed by atoms with E-state index in [0.29, 0.717) is 5.56 Å². The van der Waals surface area contributed by atoms with Gasteiger partial charge in [0.2, 0.25) is 0 Å². The molecular weight excluding hydrogens is 254 g/mol. The number of aliphatic hydroxyl groups excluding tert-OH is 1. The molecule has 2 aromatic carbocycles. The minimum Gasteiger partial charge on any atom is -0.391 e. The second kappa shape index (κ2) is 6.79. The highest BCUT2D eigenvalue weighted by Gasteiger charge is 2.00. The topological polar surface area (TPSA) is 44.0 Å². The summed E-state index contributed by atoms with van der Waals surface area (Å²) in [5, 5.41) is 18.1. The van der Waals surface area contributed by atoms with Crippen LogP contribution in [0, 0.1) is 11.3 Å². The van der Waals surface area contributed by atoms with Crippen LogP contribution in [0.3, 0.4) is 0 Å². The van der Waals surface area contributed by atoms with E-state index in [1.165, 1.54) is 11.8 Å². The monoisotopic (exact) mass is 267 g/mol. The van der Waals surface area contributed by atoms with Gasteiger partial charge in [0.05, 0.1) is 18.2 Å². The van der Waals surface area contributed by atoms with E-state index in [1.54, 1.807) is 12.1 Å². The Morgan fingerprint density at radius 3 is 2.37 bits per heavy atom. The summed E-state index contributed by atoms with van der Waals surface area (Å²) in [7, 11) is 0. The maximum absolute atomic E-state index is 9.41. The van der Waals surface area contributed by atoms with E-state index in [4.69, 9.17) is 5.26 Å². The van der Waals surface area contributed by atoms with Crippen molar-refractivity contribution in [3.8, 4) is 6.07 Å². The Morgan fingerprint density at radius 2 is 1.79 bits per heavy atom. The van der Waals surface area contributed by atoms with E-state index in [0.717, 1.165) is 15.4 Å². The first-order chi connectivity index (χ1) is 9.31. The van der Waals surface area contributed by atoms with E-state index < -0.39 is 0 Å².